The highest BCUT2D eigenvalue weighted by Gasteiger charge is 2.32. The Labute approximate surface area is 62.4 Å². The van der Waals surface area contributed by atoms with Gasteiger partial charge in [0, 0.05) is 10.5 Å². The first-order valence-corrected chi connectivity index (χ1v) is 4.72. The molecule has 0 aromatic rings. The summed E-state index contributed by atoms with van der Waals surface area (Å²) < 4.78 is 0. The fraction of sp³-hybridized carbons (Fsp3) is 1.00. The molecule has 0 unspecified atom stereocenters. The predicted octanol–water partition coefficient (Wildman–Crippen LogP) is 2.78. The van der Waals surface area contributed by atoms with Crippen molar-refractivity contribution < 1.29 is 0 Å². The summed E-state index contributed by atoms with van der Waals surface area (Å²) in [7, 11) is 0. The molecule has 0 amide bonds. The maximum atomic E-state index is 2.37. The molecule has 1 heterocycles. The molecule has 54 valence electrons. The van der Waals surface area contributed by atoms with Crippen molar-refractivity contribution in [3.63, 3.8) is 0 Å². The maximum absolute atomic E-state index is 2.37. The number of thioether (sulfide) groups is 1. The minimum Gasteiger partial charge on any atom is -0.155 e. The van der Waals surface area contributed by atoms with Gasteiger partial charge in [-0.1, -0.05) is 27.7 Å². The number of rotatable bonds is 0. The van der Waals surface area contributed by atoms with Crippen LogP contribution in [-0.2, 0) is 0 Å². The van der Waals surface area contributed by atoms with E-state index in [1.165, 1.54) is 0 Å². The minimum atomic E-state index is 0.884. The van der Waals surface area contributed by atoms with Gasteiger partial charge >= 0.3 is 0 Å². The standard InChI is InChI=1S/C8H16S/c1-5-6(2)8(4)9-7(5)3/h5-8H,1-4H3/t5-,6+,7-,8+. The first-order valence-electron chi connectivity index (χ1n) is 3.78. The second-order valence-corrected chi connectivity index (χ2v) is 5.02. The molecular weight excluding hydrogens is 128 g/mol. The third-order valence-electron chi connectivity index (χ3n) is 2.74. The van der Waals surface area contributed by atoms with Gasteiger partial charge in [-0.2, -0.15) is 11.8 Å². The summed E-state index contributed by atoms with van der Waals surface area (Å²) in [6.45, 7) is 9.42. The van der Waals surface area contributed by atoms with E-state index in [0.717, 1.165) is 22.3 Å². The van der Waals surface area contributed by atoms with Gasteiger partial charge < -0.3 is 0 Å². The molecule has 1 rings (SSSR count). The predicted molar refractivity (Wildman–Crippen MR) is 44.8 cm³/mol. The van der Waals surface area contributed by atoms with Crippen molar-refractivity contribution in [2.24, 2.45) is 11.8 Å². The molecule has 9 heavy (non-hydrogen) atoms. The highest BCUT2D eigenvalue weighted by atomic mass is 32.2. The van der Waals surface area contributed by atoms with Crippen LogP contribution in [0.25, 0.3) is 0 Å². The summed E-state index contributed by atoms with van der Waals surface area (Å²) in [5.41, 5.74) is 0. The first kappa shape index (κ1) is 7.46. The Hall–Kier alpha value is 0.350. The van der Waals surface area contributed by atoms with Crippen molar-refractivity contribution in [3.8, 4) is 0 Å². The smallest absolute Gasteiger partial charge is 0.00500 e. The monoisotopic (exact) mass is 144 g/mol. The quantitative estimate of drug-likeness (QED) is 0.504. The Morgan fingerprint density at radius 2 is 1.11 bits per heavy atom. The van der Waals surface area contributed by atoms with E-state index >= 15 is 0 Å². The van der Waals surface area contributed by atoms with E-state index in [2.05, 4.69) is 39.5 Å². The van der Waals surface area contributed by atoms with E-state index in [4.69, 9.17) is 0 Å². The summed E-state index contributed by atoms with van der Waals surface area (Å²) in [4.78, 5) is 0. The van der Waals surface area contributed by atoms with Crippen LogP contribution < -0.4 is 0 Å². The molecule has 4 atom stereocenters. The lowest BCUT2D eigenvalue weighted by Gasteiger charge is -2.12. The van der Waals surface area contributed by atoms with Gasteiger partial charge in [0.2, 0.25) is 0 Å². The molecule has 0 bridgehead atoms. The van der Waals surface area contributed by atoms with Crippen LogP contribution in [0.3, 0.4) is 0 Å². The highest BCUT2D eigenvalue weighted by molar-refractivity contribution is 8.00. The maximum Gasteiger partial charge on any atom is 0.00500 e. The van der Waals surface area contributed by atoms with Crippen molar-refractivity contribution in [2.75, 3.05) is 0 Å². The molecule has 0 radical (unpaired) electrons. The Bertz CT molecular complexity index is 88.7. The summed E-state index contributed by atoms with van der Waals surface area (Å²) in [6, 6.07) is 0. The Balaban J connectivity index is 2.54. The summed E-state index contributed by atoms with van der Waals surface area (Å²) >= 11 is 2.14. The van der Waals surface area contributed by atoms with Crippen LogP contribution in [0.5, 0.6) is 0 Å². The van der Waals surface area contributed by atoms with E-state index in [1.807, 2.05) is 0 Å². The Morgan fingerprint density at radius 3 is 1.22 bits per heavy atom. The lowest BCUT2D eigenvalue weighted by Crippen LogP contribution is -2.12. The molecule has 1 aliphatic heterocycles. The topological polar surface area (TPSA) is 0 Å². The largest absolute Gasteiger partial charge is 0.155 e. The van der Waals surface area contributed by atoms with Crippen molar-refractivity contribution in [1.82, 2.24) is 0 Å². The van der Waals surface area contributed by atoms with Crippen LogP contribution >= 0.6 is 11.8 Å². The molecule has 1 aliphatic rings. The Morgan fingerprint density at radius 1 is 0.778 bits per heavy atom. The van der Waals surface area contributed by atoms with Crippen LogP contribution in [0, 0.1) is 11.8 Å². The van der Waals surface area contributed by atoms with Gasteiger partial charge in [-0.05, 0) is 11.8 Å². The molecule has 0 aliphatic carbocycles. The molecule has 0 aromatic carbocycles. The number of hydrogen-bond acceptors (Lipinski definition) is 1. The fourth-order valence-electron chi connectivity index (χ4n) is 1.44. The summed E-state index contributed by atoms with van der Waals surface area (Å²) in [5.74, 6) is 1.84. The molecule has 0 saturated carbocycles. The highest BCUT2D eigenvalue weighted by Crippen LogP contribution is 2.41. The third kappa shape index (κ3) is 1.26. The number of hydrogen-bond donors (Lipinski definition) is 0. The van der Waals surface area contributed by atoms with Gasteiger partial charge in [0.15, 0.2) is 0 Å². The average molecular weight is 144 g/mol. The van der Waals surface area contributed by atoms with Crippen LogP contribution in [0.2, 0.25) is 0 Å². The van der Waals surface area contributed by atoms with E-state index in [-0.39, 0.29) is 0 Å². The van der Waals surface area contributed by atoms with E-state index in [9.17, 15) is 0 Å². The zero-order chi connectivity index (χ0) is 7.02. The van der Waals surface area contributed by atoms with Crippen LogP contribution in [0.15, 0.2) is 0 Å². The zero-order valence-corrected chi connectivity index (χ0v) is 7.53. The van der Waals surface area contributed by atoms with Crippen molar-refractivity contribution in [3.05, 3.63) is 0 Å². The summed E-state index contributed by atoms with van der Waals surface area (Å²) in [5, 5.41) is 1.77. The van der Waals surface area contributed by atoms with Crippen LogP contribution in [-0.4, -0.2) is 10.5 Å². The fourth-order valence-corrected chi connectivity index (χ4v) is 3.11. The Kier molecular flexibility index (Phi) is 2.10. The molecule has 0 aromatic heterocycles. The zero-order valence-electron chi connectivity index (χ0n) is 6.72. The molecule has 1 saturated heterocycles. The van der Waals surface area contributed by atoms with E-state index in [1.54, 1.807) is 0 Å². The lowest BCUT2D eigenvalue weighted by atomic mass is 9.92. The van der Waals surface area contributed by atoms with E-state index < -0.39 is 0 Å². The van der Waals surface area contributed by atoms with E-state index in [0.29, 0.717) is 0 Å². The lowest BCUT2D eigenvalue weighted by molar-refractivity contribution is 0.413. The van der Waals surface area contributed by atoms with Crippen LogP contribution in [0.1, 0.15) is 27.7 Å². The molecule has 1 fully saturated rings. The molecular formula is C8H16S. The van der Waals surface area contributed by atoms with Crippen LogP contribution in [0.4, 0.5) is 0 Å². The van der Waals surface area contributed by atoms with Gasteiger partial charge in [0.05, 0.1) is 0 Å². The average Bonchev–Trinajstić information content (AvgIpc) is 1.98. The molecule has 0 nitrogen and oxygen atoms in total. The normalized spacial score (nSPS) is 52.0. The SMILES string of the molecule is C[C@@H]1[C@H](C)[C@H](C)S[C@@H]1C. The summed E-state index contributed by atoms with van der Waals surface area (Å²) in [6.07, 6.45) is 0. The van der Waals surface area contributed by atoms with Gasteiger partial charge in [0.1, 0.15) is 0 Å². The minimum absolute atomic E-state index is 0.884. The van der Waals surface area contributed by atoms with Crippen molar-refractivity contribution in [2.45, 2.75) is 38.2 Å². The van der Waals surface area contributed by atoms with Gasteiger partial charge in [0.25, 0.3) is 0 Å². The molecule has 0 N–H and O–H groups in total. The molecule has 1 heteroatoms. The van der Waals surface area contributed by atoms with Gasteiger partial charge in [-0.25, -0.2) is 0 Å². The van der Waals surface area contributed by atoms with Crippen molar-refractivity contribution in [1.29, 1.82) is 0 Å². The molecule has 0 spiro atoms. The van der Waals surface area contributed by atoms with Crippen molar-refractivity contribution >= 4 is 11.8 Å². The second-order valence-electron chi connectivity index (χ2n) is 3.26. The van der Waals surface area contributed by atoms with Gasteiger partial charge in [-0.3, -0.25) is 0 Å². The third-order valence-corrected chi connectivity index (χ3v) is 4.46. The second kappa shape index (κ2) is 2.53. The van der Waals surface area contributed by atoms with Gasteiger partial charge in [-0.15, -0.1) is 0 Å². The first-order chi connectivity index (χ1) is 4.13.